The molecule has 0 heterocycles. The lowest BCUT2D eigenvalue weighted by Gasteiger charge is -2.17. The summed E-state index contributed by atoms with van der Waals surface area (Å²) >= 11 is 6.01. The molecule has 0 amide bonds. The molecule has 1 rings (SSSR count). The minimum absolute atomic E-state index is 0.0884. The van der Waals surface area contributed by atoms with E-state index in [0.717, 1.165) is 17.0 Å². The van der Waals surface area contributed by atoms with Crippen molar-refractivity contribution in [2.24, 2.45) is 5.41 Å². The smallest absolute Gasteiger partial charge is 0.175 e. The van der Waals surface area contributed by atoms with Gasteiger partial charge in [-0.15, -0.1) is 0 Å². The van der Waals surface area contributed by atoms with Crippen LogP contribution < -0.4 is 4.74 Å². The molecule has 0 spiro atoms. The molecular formula is C14H19ClO2. The molecule has 2 nitrogen and oxygen atoms in total. The molecule has 0 aromatic heterocycles. The highest BCUT2D eigenvalue weighted by Gasteiger charge is 2.21. The maximum Gasteiger partial charge on any atom is 0.175 e. The number of carbonyl (C=O) groups is 1. The van der Waals surface area contributed by atoms with Gasteiger partial charge in [-0.3, -0.25) is 4.79 Å². The first-order valence-corrected chi connectivity index (χ1v) is 6.17. The van der Waals surface area contributed by atoms with Gasteiger partial charge in [0.05, 0.1) is 0 Å². The van der Waals surface area contributed by atoms with Crippen LogP contribution in [0.3, 0.4) is 0 Å². The zero-order valence-electron chi connectivity index (χ0n) is 10.8. The molecule has 0 unspecified atom stereocenters. The highest BCUT2D eigenvalue weighted by Crippen LogP contribution is 2.23. The minimum atomic E-state index is -0.361. The van der Waals surface area contributed by atoms with Crippen molar-refractivity contribution in [2.75, 3.05) is 6.61 Å². The van der Waals surface area contributed by atoms with Gasteiger partial charge in [0, 0.05) is 10.4 Å². The van der Waals surface area contributed by atoms with Gasteiger partial charge in [0.1, 0.15) is 12.4 Å². The first-order chi connectivity index (χ1) is 7.84. The average molecular weight is 255 g/mol. The third-order valence-corrected chi connectivity index (χ3v) is 2.97. The van der Waals surface area contributed by atoms with Gasteiger partial charge in [0.25, 0.3) is 0 Å². The summed E-state index contributed by atoms with van der Waals surface area (Å²) in [6, 6.07) is 5.48. The Labute approximate surface area is 108 Å². The molecule has 1 aromatic rings. The van der Waals surface area contributed by atoms with Gasteiger partial charge in [-0.05, 0) is 30.2 Å². The number of Topliss-reactive ketones (excluding diaryl/α,β-unsaturated/α-hetero) is 1. The van der Waals surface area contributed by atoms with Gasteiger partial charge >= 0.3 is 0 Å². The molecule has 0 saturated carbocycles. The second-order valence-corrected chi connectivity index (χ2v) is 5.48. The SMILES string of the molecule is CCc1cc(OCC(=O)C(C)(C)C)ccc1Cl. The number of halogens is 1. The fourth-order valence-corrected chi connectivity index (χ4v) is 1.53. The maximum atomic E-state index is 11.7. The molecule has 94 valence electrons. The Morgan fingerprint density at radius 1 is 1.35 bits per heavy atom. The van der Waals surface area contributed by atoms with Crippen LogP contribution in [0.25, 0.3) is 0 Å². The van der Waals surface area contributed by atoms with E-state index in [0.29, 0.717) is 5.75 Å². The fraction of sp³-hybridized carbons (Fsp3) is 0.500. The van der Waals surface area contributed by atoms with Gasteiger partial charge in [-0.2, -0.15) is 0 Å². The summed E-state index contributed by atoms with van der Waals surface area (Å²) in [7, 11) is 0. The topological polar surface area (TPSA) is 26.3 Å². The first kappa shape index (κ1) is 14.0. The summed E-state index contributed by atoms with van der Waals surface area (Å²) < 4.78 is 5.48. The van der Waals surface area contributed by atoms with Crippen molar-refractivity contribution in [1.29, 1.82) is 0 Å². The molecule has 0 aliphatic heterocycles. The highest BCUT2D eigenvalue weighted by atomic mass is 35.5. The Kier molecular flexibility index (Phi) is 4.58. The lowest BCUT2D eigenvalue weighted by molar-refractivity contribution is -0.128. The summed E-state index contributed by atoms with van der Waals surface area (Å²) in [4.78, 5) is 11.7. The molecule has 0 saturated heterocycles. The second-order valence-electron chi connectivity index (χ2n) is 5.07. The van der Waals surface area contributed by atoms with Crippen molar-refractivity contribution < 1.29 is 9.53 Å². The maximum absolute atomic E-state index is 11.7. The standard InChI is InChI=1S/C14H19ClO2/c1-5-10-8-11(6-7-12(10)15)17-9-13(16)14(2,3)4/h6-8H,5,9H2,1-4H3. The lowest BCUT2D eigenvalue weighted by atomic mass is 9.91. The predicted molar refractivity (Wildman–Crippen MR) is 70.8 cm³/mol. The Bertz CT molecular complexity index is 405. The number of benzene rings is 1. The van der Waals surface area contributed by atoms with Crippen molar-refractivity contribution in [3.8, 4) is 5.75 Å². The summed E-state index contributed by atoms with van der Waals surface area (Å²) in [5, 5.41) is 0.738. The quantitative estimate of drug-likeness (QED) is 0.815. The third-order valence-electron chi connectivity index (χ3n) is 2.60. The molecule has 17 heavy (non-hydrogen) atoms. The number of aryl methyl sites for hydroxylation is 1. The number of hydrogen-bond acceptors (Lipinski definition) is 2. The predicted octanol–water partition coefficient (Wildman–Crippen LogP) is 3.90. The van der Waals surface area contributed by atoms with E-state index in [1.165, 1.54) is 0 Å². The van der Waals surface area contributed by atoms with Crippen LogP contribution in [0, 0.1) is 5.41 Å². The molecule has 0 fully saturated rings. The molecule has 0 atom stereocenters. The fourth-order valence-electron chi connectivity index (χ4n) is 1.28. The summed E-state index contributed by atoms with van der Waals surface area (Å²) in [6.45, 7) is 7.80. The Hall–Kier alpha value is -1.02. The lowest BCUT2D eigenvalue weighted by Crippen LogP contribution is -2.26. The summed E-state index contributed by atoms with van der Waals surface area (Å²) in [5.41, 5.74) is 0.674. The first-order valence-electron chi connectivity index (χ1n) is 5.79. The molecule has 0 radical (unpaired) electrons. The van der Waals surface area contributed by atoms with Crippen molar-refractivity contribution in [2.45, 2.75) is 34.1 Å². The minimum Gasteiger partial charge on any atom is -0.486 e. The van der Waals surface area contributed by atoms with Crippen LogP contribution in [-0.2, 0) is 11.2 Å². The van der Waals surface area contributed by atoms with E-state index >= 15 is 0 Å². The van der Waals surface area contributed by atoms with Crippen LogP contribution in [0.5, 0.6) is 5.75 Å². The van der Waals surface area contributed by atoms with E-state index in [-0.39, 0.29) is 17.8 Å². The molecule has 1 aromatic carbocycles. The Morgan fingerprint density at radius 3 is 2.53 bits per heavy atom. The third kappa shape index (κ3) is 4.04. The van der Waals surface area contributed by atoms with Gasteiger partial charge in [-0.25, -0.2) is 0 Å². The molecule has 3 heteroatoms. The van der Waals surface area contributed by atoms with Crippen molar-refractivity contribution in [3.05, 3.63) is 28.8 Å². The van der Waals surface area contributed by atoms with Gasteiger partial charge in [0.15, 0.2) is 5.78 Å². The van der Waals surface area contributed by atoms with Crippen LogP contribution >= 0.6 is 11.6 Å². The van der Waals surface area contributed by atoms with Crippen molar-refractivity contribution >= 4 is 17.4 Å². The molecule has 0 N–H and O–H groups in total. The van der Waals surface area contributed by atoms with Gasteiger partial charge in [0.2, 0.25) is 0 Å². The zero-order chi connectivity index (χ0) is 13.1. The summed E-state index contributed by atoms with van der Waals surface area (Å²) in [5.74, 6) is 0.786. The Morgan fingerprint density at radius 2 is 2.00 bits per heavy atom. The van der Waals surface area contributed by atoms with E-state index in [2.05, 4.69) is 0 Å². The monoisotopic (exact) mass is 254 g/mol. The average Bonchev–Trinajstić information content (AvgIpc) is 2.26. The number of hydrogen-bond donors (Lipinski definition) is 0. The van der Waals surface area contributed by atoms with Crippen LogP contribution in [-0.4, -0.2) is 12.4 Å². The number of rotatable bonds is 4. The van der Waals surface area contributed by atoms with Crippen LogP contribution in [0.15, 0.2) is 18.2 Å². The van der Waals surface area contributed by atoms with Crippen LogP contribution in [0.1, 0.15) is 33.3 Å². The summed E-state index contributed by atoms with van der Waals surface area (Å²) in [6.07, 6.45) is 0.850. The van der Waals surface area contributed by atoms with Crippen LogP contribution in [0.4, 0.5) is 0 Å². The van der Waals surface area contributed by atoms with Crippen LogP contribution in [0.2, 0.25) is 5.02 Å². The van der Waals surface area contributed by atoms with E-state index in [1.54, 1.807) is 12.1 Å². The van der Waals surface area contributed by atoms with E-state index in [4.69, 9.17) is 16.3 Å². The van der Waals surface area contributed by atoms with Gasteiger partial charge in [-0.1, -0.05) is 39.3 Å². The van der Waals surface area contributed by atoms with E-state index in [1.807, 2.05) is 33.8 Å². The number of ether oxygens (including phenoxy) is 1. The van der Waals surface area contributed by atoms with Gasteiger partial charge < -0.3 is 4.74 Å². The van der Waals surface area contributed by atoms with E-state index in [9.17, 15) is 4.79 Å². The molecule has 0 bridgehead atoms. The number of carbonyl (C=O) groups excluding carboxylic acids is 1. The molecule has 0 aliphatic rings. The highest BCUT2D eigenvalue weighted by molar-refractivity contribution is 6.31. The molecular weight excluding hydrogens is 236 g/mol. The Balaban J connectivity index is 2.67. The van der Waals surface area contributed by atoms with E-state index < -0.39 is 0 Å². The zero-order valence-corrected chi connectivity index (χ0v) is 11.6. The second kappa shape index (κ2) is 5.54. The largest absolute Gasteiger partial charge is 0.486 e. The normalized spacial score (nSPS) is 11.4. The number of ketones is 1. The molecule has 0 aliphatic carbocycles. The van der Waals surface area contributed by atoms with Crippen molar-refractivity contribution in [3.63, 3.8) is 0 Å². The van der Waals surface area contributed by atoms with Crippen molar-refractivity contribution in [1.82, 2.24) is 0 Å².